The van der Waals surface area contributed by atoms with Crippen LogP contribution in [0.15, 0.2) is 45.7 Å². The number of thioether (sulfide) groups is 2. The lowest BCUT2D eigenvalue weighted by atomic mass is 9.71. The standard InChI is InChI=1S/C34H44O5S2/c1-9-38-32(36)34(33(37)39-10-2,27-13-11-12-14-28(27)35)16-15-29(40-30-23(5)17-21(3)18-24(30)6)41-31-25(7)19-22(4)20-26(31)8/h13,17-20,29H,9-12,14-16H2,1-8H3. The first-order valence-electron chi connectivity index (χ1n) is 14.5. The zero-order valence-corrected chi connectivity index (χ0v) is 27.4. The summed E-state index contributed by atoms with van der Waals surface area (Å²) >= 11 is 3.52. The van der Waals surface area contributed by atoms with E-state index < -0.39 is 17.4 Å². The van der Waals surface area contributed by atoms with E-state index in [1.54, 1.807) is 43.4 Å². The highest BCUT2D eigenvalue weighted by Gasteiger charge is 2.54. The molecule has 1 aliphatic rings. The number of aryl methyl sites for hydroxylation is 6. The van der Waals surface area contributed by atoms with Crippen LogP contribution in [-0.4, -0.2) is 35.5 Å². The third-order valence-corrected chi connectivity index (χ3v) is 10.8. The Morgan fingerprint density at radius 2 is 1.24 bits per heavy atom. The number of hydrogen-bond donors (Lipinski definition) is 0. The van der Waals surface area contributed by atoms with E-state index in [1.807, 2.05) is 0 Å². The van der Waals surface area contributed by atoms with Crippen molar-refractivity contribution in [3.8, 4) is 0 Å². The van der Waals surface area contributed by atoms with Crippen LogP contribution < -0.4 is 0 Å². The average molecular weight is 597 g/mol. The van der Waals surface area contributed by atoms with Gasteiger partial charge in [-0.05, 0) is 103 Å². The van der Waals surface area contributed by atoms with Crippen molar-refractivity contribution in [3.63, 3.8) is 0 Å². The molecule has 0 saturated heterocycles. The Morgan fingerprint density at radius 1 is 0.805 bits per heavy atom. The summed E-state index contributed by atoms with van der Waals surface area (Å²) in [4.78, 5) is 43.1. The topological polar surface area (TPSA) is 69.7 Å². The fourth-order valence-electron chi connectivity index (χ4n) is 5.76. The van der Waals surface area contributed by atoms with Gasteiger partial charge in [0.15, 0.2) is 11.2 Å². The lowest BCUT2D eigenvalue weighted by Crippen LogP contribution is -2.46. The highest BCUT2D eigenvalue weighted by atomic mass is 32.2. The zero-order chi connectivity index (χ0) is 30.3. The average Bonchev–Trinajstić information content (AvgIpc) is 2.89. The Kier molecular flexibility index (Phi) is 11.7. The molecule has 41 heavy (non-hydrogen) atoms. The predicted octanol–water partition coefficient (Wildman–Crippen LogP) is 8.32. The molecule has 2 aromatic rings. The van der Waals surface area contributed by atoms with E-state index in [4.69, 9.17) is 9.47 Å². The number of ketones is 1. The molecule has 0 saturated carbocycles. The van der Waals surface area contributed by atoms with Crippen molar-refractivity contribution in [2.45, 2.75) is 102 Å². The molecule has 5 nitrogen and oxygen atoms in total. The summed E-state index contributed by atoms with van der Waals surface area (Å²) in [6.07, 6.45) is 4.02. The Balaban J connectivity index is 2.11. The zero-order valence-electron chi connectivity index (χ0n) is 25.8. The van der Waals surface area contributed by atoms with Crippen molar-refractivity contribution in [1.82, 2.24) is 0 Å². The number of esters is 2. The van der Waals surface area contributed by atoms with Crippen molar-refractivity contribution in [2.24, 2.45) is 5.41 Å². The first kappa shape index (κ1) is 33.0. The predicted molar refractivity (Wildman–Crippen MR) is 169 cm³/mol. The summed E-state index contributed by atoms with van der Waals surface area (Å²) in [7, 11) is 0. The molecule has 0 aromatic heterocycles. The lowest BCUT2D eigenvalue weighted by Gasteiger charge is -2.33. The van der Waals surface area contributed by atoms with Gasteiger partial charge in [-0.25, -0.2) is 0 Å². The number of Topliss-reactive ketones (excluding diaryl/α,β-unsaturated/α-hetero) is 1. The SMILES string of the molecule is CCOC(=O)C(CCC(Sc1c(C)cc(C)cc1C)Sc1c(C)cc(C)cc1C)(C(=O)OCC)C1=CCCCC1=O. The fourth-order valence-corrected chi connectivity index (χ4v) is 8.51. The van der Waals surface area contributed by atoms with Gasteiger partial charge in [0.2, 0.25) is 0 Å². The summed E-state index contributed by atoms with van der Waals surface area (Å²) < 4.78 is 11.0. The number of ether oxygens (including phenoxy) is 2. The summed E-state index contributed by atoms with van der Waals surface area (Å²) in [6.45, 7) is 16.3. The van der Waals surface area contributed by atoms with Crippen LogP contribution in [0.1, 0.15) is 79.3 Å². The monoisotopic (exact) mass is 596 g/mol. The van der Waals surface area contributed by atoms with Gasteiger partial charge in [-0.15, -0.1) is 23.5 Å². The minimum atomic E-state index is -1.78. The molecule has 0 atom stereocenters. The lowest BCUT2D eigenvalue weighted by molar-refractivity contribution is -0.170. The molecule has 0 spiro atoms. The third-order valence-electron chi connectivity index (χ3n) is 7.43. The number of rotatable bonds is 12. The second-order valence-electron chi connectivity index (χ2n) is 10.9. The van der Waals surface area contributed by atoms with Gasteiger partial charge in [0.25, 0.3) is 0 Å². The first-order chi connectivity index (χ1) is 19.4. The van der Waals surface area contributed by atoms with Gasteiger partial charge in [-0.3, -0.25) is 14.4 Å². The maximum absolute atomic E-state index is 13.7. The van der Waals surface area contributed by atoms with Gasteiger partial charge in [0.1, 0.15) is 0 Å². The molecule has 1 aliphatic carbocycles. The molecule has 0 heterocycles. The van der Waals surface area contributed by atoms with E-state index in [1.165, 1.54) is 43.2 Å². The Morgan fingerprint density at radius 3 is 1.63 bits per heavy atom. The molecular formula is C34H44O5S2. The van der Waals surface area contributed by atoms with E-state index in [0.29, 0.717) is 25.7 Å². The molecule has 7 heteroatoms. The Hall–Kier alpha value is -2.51. The Labute approximate surface area is 254 Å². The van der Waals surface area contributed by atoms with E-state index in [9.17, 15) is 14.4 Å². The summed E-state index contributed by atoms with van der Waals surface area (Å²) in [5.41, 5.74) is 5.67. The normalized spacial score (nSPS) is 13.8. The number of allylic oxidation sites excluding steroid dienone is 1. The largest absolute Gasteiger partial charge is 0.465 e. The van der Waals surface area contributed by atoms with Crippen LogP contribution in [0, 0.1) is 47.0 Å². The second kappa shape index (κ2) is 14.6. The van der Waals surface area contributed by atoms with Crippen LogP contribution in [-0.2, 0) is 23.9 Å². The van der Waals surface area contributed by atoms with Gasteiger partial charge < -0.3 is 9.47 Å². The van der Waals surface area contributed by atoms with Gasteiger partial charge in [-0.2, -0.15) is 0 Å². The highest BCUT2D eigenvalue weighted by molar-refractivity contribution is 8.17. The van der Waals surface area contributed by atoms with Crippen LogP contribution in [0.2, 0.25) is 0 Å². The molecule has 0 unspecified atom stereocenters. The van der Waals surface area contributed by atoms with E-state index in [0.717, 1.165) is 0 Å². The quantitative estimate of drug-likeness (QED) is 0.106. The van der Waals surface area contributed by atoms with E-state index >= 15 is 0 Å². The number of benzene rings is 2. The maximum Gasteiger partial charge on any atom is 0.328 e. The molecular weight excluding hydrogens is 553 g/mol. The van der Waals surface area contributed by atoms with Crippen LogP contribution in [0.4, 0.5) is 0 Å². The summed E-state index contributed by atoms with van der Waals surface area (Å²) in [5.74, 6) is -1.57. The number of carbonyl (C=O) groups is 3. The molecule has 0 bridgehead atoms. The van der Waals surface area contributed by atoms with Crippen molar-refractivity contribution in [2.75, 3.05) is 13.2 Å². The van der Waals surface area contributed by atoms with Gasteiger partial charge >= 0.3 is 11.9 Å². The smallest absolute Gasteiger partial charge is 0.328 e. The minimum absolute atomic E-state index is 0.0438. The van der Waals surface area contributed by atoms with Crippen LogP contribution in [0.5, 0.6) is 0 Å². The van der Waals surface area contributed by atoms with Gasteiger partial charge in [0.05, 0.1) is 17.8 Å². The molecule has 0 N–H and O–H groups in total. The molecule has 222 valence electrons. The highest BCUT2D eigenvalue weighted by Crippen LogP contribution is 2.47. The molecule has 0 aliphatic heterocycles. The second-order valence-corrected chi connectivity index (χ2v) is 13.7. The van der Waals surface area contributed by atoms with Crippen molar-refractivity contribution >= 4 is 41.2 Å². The van der Waals surface area contributed by atoms with Crippen molar-refractivity contribution < 1.29 is 23.9 Å². The fraction of sp³-hybridized carbons (Fsp3) is 0.500. The summed E-state index contributed by atoms with van der Waals surface area (Å²) in [6, 6.07) is 8.75. The van der Waals surface area contributed by atoms with E-state index in [-0.39, 0.29) is 35.6 Å². The van der Waals surface area contributed by atoms with E-state index in [2.05, 4.69) is 65.8 Å². The molecule has 2 aromatic carbocycles. The number of hydrogen-bond acceptors (Lipinski definition) is 7. The Bertz CT molecular complexity index is 1200. The molecule has 0 fully saturated rings. The van der Waals surface area contributed by atoms with Crippen LogP contribution >= 0.6 is 23.5 Å². The minimum Gasteiger partial charge on any atom is -0.465 e. The first-order valence-corrected chi connectivity index (χ1v) is 16.3. The number of carbonyl (C=O) groups excluding carboxylic acids is 3. The van der Waals surface area contributed by atoms with Crippen LogP contribution in [0.25, 0.3) is 0 Å². The molecule has 0 amide bonds. The third kappa shape index (κ3) is 7.66. The summed E-state index contributed by atoms with van der Waals surface area (Å²) in [5, 5.41) is 0. The van der Waals surface area contributed by atoms with Crippen molar-refractivity contribution in [1.29, 1.82) is 0 Å². The van der Waals surface area contributed by atoms with Crippen LogP contribution in [0.3, 0.4) is 0 Å². The van der Waals surface area contributed by atoms with Crippen molar-refractivity contribution in [3.05, 3.63) is 69.3 Å². The van der Waals surface area contributed by atoms with Gasteiger partial charge in [0, 0.05) is 21.8 Å². The maximum atomic E-state index is 13.7. The van der Waals surface area contributed by atoms with Gasteiger partial charge in [-0.1, -0.05) is 41.5 Å². The molecule has 0 radical (unpaired) electrons. The molecule has 3 rings (SSSR count).